The Hall–Kier alpha value is -2.87. The molecule has 122 valence electrons. The van der Waals surface area contributed by atoms with Gasteiger partial charge in [-0.15, -0.1) is 11.8 Å². The number of aryl methyl sites for hydroxylation is 1. The van der Waals surface area contributed by atoms with E-state index >= 15 is 0 Å². The summed E-state index contributed by atoms with van der Waals surface area (Å²) >= 11 is 1.41. The van der Waals surface area contributed by atoms with Gasteiger partial charge in [0.15, 0.2) is 0 Å². The molecule has 8 heteroatoms. The highest BCUT2D eigenvalue weighted by atomic mass is 32.2. The van der Waals surface area contributed by atoms with Gasteiger partial charge >= 0.3 is 0 Å². The van der Waals surface area contributed by atoms with Crippen LogP contribution in [-0.4, -0.2) is 22.5 Å². The summed E-state index contributed by atoms with van der Waals surface area (Å²) in [7, 11) is 0. The Morgan fingerprint density at radius 3 is 2.83 bits per heavy atom. The van der Waals surface area contributed by atoms with Gasteiger partial charge in [-0.1, -0.05) is 6.07 Å². The lowest BCUT2D eigenvalue weighted by Crippen LogP contribution is -2.20. The SMILES string of the molecule is Cc1ccc([N+](=O)[O-])cc1NC(=O)c1ccc2c(c1)NC(=O)CS2. The van der Waals surface area contributed by atoms with Crippen molar-refractivity contribution >= 4 is 40.6 Å². The van der Waals surface area contributed by atoms with Gasteiger partial charge in [-0.2, -0.15) is 0 Å². The van der Waals surface area contributed by atoms with Crippen molar-refractivity contribution in [1.29, 1.82) is 0 Å². The van der Waals surface area contributed by atoms with Crippen LogP contribution in [0, 0.1) is 17.0 Å². The highest BCUT2D eigenvalue weighted by molar-refractivity contribution is 8.00. The van der Waals surface area contributed by atoms with Crippen LogP contribution in [0.25, 0.3) is 0 Å². The maximum atomic E-state index is 12.4. The molecular weight excluding hydrogens is 330 g/mol. The Balaban J connectivity index is 1.85. The minimum Gasteiger partial charge on any atom is -0.324 e. The van der Waals surface area contributed by atoms with Crippen LogP contribution in [0.3, 0.4) is 0 Å². The van der Waals surface area contributed by atoms with Crippen molar-refractivity contribution in [2.45, 2.75) is 11.8 Å². The minimum atomic E-state index is -0.513. The Bertz CT molecular complexity index is 866. The summed E-state index contributed by atoms with van der Waals surface area (Å²) in [6.45, 7) is 1.75. The predicted octanol–water partition coefficient (Wildman–Crippen LogP) is 3.20. The summed E-state index contributed by atoms with van der Waals surface area (Å²) < 4.78 is 0. The van der Waals surface area contributed by atoms with E-state index in [1.54, 1.807) is 31.2 Å². The number of hydrogen-bond donors (Lipinski definition) is 2. The number of nitro benzene ring substituents is 1. The molecule has 3 rings (SSSR count). The van der Waals surface area contributed by atoms with Gasteiger partial charge in [-0.05, 0) is 30.7 Å². The molecule has 2 aromatic carbocycles. The Morgan fingerprint density at radius 2 is 2.08 bits per heavy atom. The monoisotopic (exact) mass is 343 g/mol. The third kappa shape index (κ3) is 3.23. The molecule has 2 N–H and O–H groups in total. The largest absolute Gasteiger partial charge is 0.324 e. The summed E-state index contributed by atoms with van der Waals surface area (Å²) in [6, 6.07) is 9.32. The molecule has 24 heavy (non-hydrogen) atoms. The Labute approximate surface area is 141 Å². The molecule has 0 saturated carbocycles. The molecule has 1 aliphatic rings. The fourth-order valence-electron chi connectivity index (χ4n) is 2.28. The molecule has 7 nitrogen and oxygen atoms in total. The molecule has 0 radical (unpaired) electrons. The number of nitrogens with one attached hydrogen (secondary N) is 2. The van der Waals surface area contributed by atoms with Crippen LogP contribution in [0.15, 0.2) is 41.3 Å². The van der Waals surface area contributed by atoms with E-state index < -0.39 is 10.8 Å². The van der Waals surface area contributed by atoms with Gasteiger partial charge in [-0.25, -0.2) is 0 Å². The third-order valence-electron chi connectivity index (χ3n) is 3.55. The molecule has 0 spiro atoms. The van der Waals surface area contributed by atoms with Crippen LogP contribution in [0.2, 0.25) is 0 Å². The minimum absolute atomic E-state index is 0.0926. The van der Waals surface area contributed by atoms with Crippen molar-refractivity contribution in [3.05, 3.63) is 57.6 Å². The Morgan fingerprint density at radius 1 is 1.29 bits per heavy atom. The van der Waals surface area contributed by atoms with E-state index in [4.69, 9.17) is 0 Å². The first-order chi connectivity index (χ1) is 11.4. The van der Waals surface area contributed by atoms with Crippen LogP contribution in [0.5, 0.6) is 0 Å². The number of hydrogen-bond acceptors (Lipinski definition) is 5. The molecule has 1 aliphatic heterocycles. The van der Waals surface area contributed by atoms with Crippen molar-refractivity contribution in [2.75, 3.05) is 16.4 Å². The van der Waals surface area contributed by atoms with Gasteiger partial charge in [0.1, 0.15) is 0 Å². The molecule has 0 fully saturated rings. The van der Waals surface area contributed by atoms with Gasteiger partial charge in [0, 0.05) is 22.6 Å². The second kappa shape index (κ2) is 6.32. The smallest absolute Gasteiger partial charge is 0.271 e. The van der Waals surface area contributed by atoms with E-state index in [9.17, 15) is 19.7 Å². The van der Waals surface area contributed by atoms with Crippen molar-refractivity contribution in [1.82, 2.24) is 0 Å². The average molecular weight is 343 g/mol. The number of fused-ring (bicyclic) bond motifs is 1. The third-order valence-corrected chi connectivity index (χ3v) is 4.63. The van der Waals surface area contributed by atoms with E-state index in [-0.39, 0.29) is 11.6 Å². The maximum absolute atomic E-state index is 12.4. The topological polar surface area (TPSA) is 101 Å². The number of carbonyl (C=O) groups excluding carboxylic acids is 2. The van der Waals surface area contributed by atoms with Crippen molar-refractivity contribution in [3.63, 3.8) is 0 Å². The van der Waals surface area contributed by atoms with Crippen LogP contribution >= 0.6 is 11.8 Å². The molecule has 2 amide bonds. The first-order valence-electron chi connectivity index (χ1n) is 7.07. The molecule has 0 saturated heterocycles. The molecular formula is C16H13N3O4S. The number of thioether (sulfide) groups is 1. The molecule has 2 aromatic rings. The van der Waals surface area contributed by atoms with E-state index in [2.05, 4.69) is 10.6 Å². The molecule has 0 atom stereocenters. The van der Waals surface area contributed by atoms with Crippen LogP contribution in [-0.2, 0) is 4.79 Å². The van der Waals surface area contributed by atoms with E-state index in [1.165, 1.54) is 23.9 Å². The number of benzene rings is 2. The second-order valence-electron chi connectivity index (χ2n) is 5.26. The van der Waals surface area contributed by atoms with Gasteiger partial charge < -0.3 is 10.6 Å². The second-order valence-corrected chi connectivity index (χ2v) is 6.28. The standard InChI is InChI=1S/C16H13N3O4S/c1-9-2-4-11(19(22)23)7-12(9)18-16(21)10-3-5-14-13(6-10)17-15(20)8-24-14/h2-7H,8H2,1H3,(H,17,20)(H,18,21). The first-order valence-corrected chi connectivity index (χ1v) is 8.06. The van der Waals surface area contributed by atoms with Crippen LogP contribution < -0.4 is 10.6 Å². The molecule has 0 aliphatic carbocycles. The van der Waals surface area contributed by atoms with Gasteiger partial charge in [0.05, 0.1) is 22.1 Å². The van der Waals surface area contributed by atoms with Gasteiger partial charge in [0.25, 0.3) is 11.6 Å². The van der Waals surface area contributed by atoms with Crippen molar-refractivity contribution < 1.29 is 14.5 Å². The van der Waals surface area contributed by atoms with E-state index in [0.29, 0.717) is 22.7 Å². The highest BCUT2D eigenvalue weighted by Gasteiger charge is 2.18. The zero-order chi connectivity index (χ0) is 17.3. The fourth-order valence-corrected chi connectivity index (χ4v) is 3.07. The van der Waals surface area contributed by atoms with E-state index in [0.717, 1.165) is 10.5 Å². The molecule has 1 heterocycles. The first kappa shape index (κ1) is 16.0. The van der Waals surface area contributed by atoms with Crippen LogP contribution in [0.1, 0.15) is 15.9 Å². The lowest BCUT2D eigenvalue weighted by Gasteiger charge is -2.17. The van der Waals surface area contributed by atoms with Crippen LogP contribution in [0.4, 0.5) is 17.1 Å². The van der Waals surface area contributed by atoms with Gasteiger partial charge in [-0.3, -0.25) is 19.7 Å². The lowest BCUT2D eigenvalue weighted by atomic mass is 10.1. The number of amides is 2. The summed E-state index contributed by atoms with van der Waals surface area (Å²) in [4.78, 5) is 35.1. The summed E-state index contributed by atoms with van der Waals surface area (Å²) in [5.41, 5.74) is 1.97. The van der Waals surface area contributed by atoms with E-state index in [1.807, 2.05) is 0 Å². The summed E-state index contributed by atoms with van der Waals surface area (Å²) in [5.74, 6) is -0.156. The van der Waals surface area contributed by atoms with Crippen molar-refractivity contribution in [3.8, 4) is 0 Å². The maximum Gasteiger partial charge on any atom is 0.271 e. The van der Waals surface area contributed by atoms with Gasteiger partial charge in [0.2, 0.25) is 5.91 Å². The zero-order valence-electron chi connectivity index (χ0n) is 12.7. The number of carbonyl (C=O) groups is 2. The Kier molecular flexibility index (Phi) is 4.22. The quantitative estimate of drug-likeness (QED) is 0.658. The molecule has 0 aromatic heterocycles. The summed E-state index contributed by atoms with van der Waals surface area (Å²) in [6.07, 6.45) is 0. The predicted molar refractivity (Wildman–Crippen MR) is 91.6 cm³/mol. The fraction of sp³-hybridized carbons (Fsp3) is 0.125. The number of nitrogens with zero attached hydrogens (tertiary/aromatic N) is 1. The summed E-state index contributed by atoms with van der Waals surface area (Å²) in [5, 5.41) is 16.3. The number of nitro groups is 1. The number of anilines is 2. The zero-order valence-corrected chi connectivity index (χ0v) is 13.5. The normalized spacial score (nSPS) is 13.0. The molecule has 0 bridgehead atoms. The average Bonchev–Trinajstić information content (AvgIpc) is 2.55. The molecule has 0 unspecified atom stereocenters. The highest BCUT2D eigenvalue weighted by Crippen LogP contribution is 2.32. The number of rotatable bonds is 3. The lowest BCUT2D eigenvalue weighted by molar-refractivity contribution is -0.384. The number of non-ortho nitro benzene ring substituents is 1. The van der Waals surface area contributed by atoms with Crippen molar-refractivity contribution in [2.24, 2.45) is 0 Å².